The maximum atomic E-state index is 3.98. The number of nitrogens with one attached hydrogen (secondary N) is 1. The van der Waals surface area contributed by atoms with E-state index in [-0.39, 0.29) is 32.7 Å². The molecule has 0 aliphatic rings. The van der Waals surface area contributed by atoms with Crippen LogP contribution in [0.15, 0.2) is 5.38 Å². The fraction of sp³-hybridized carbons (Fsp3) is 0.625. The number of rotatable bonds is 3. The molecule has 0 aliphatic carbocycles. The first-order valence-corrected chi connectivity index (χ1v) is 4.82. The molecule has 0 spiro atoms. The van der Waals surface area contributed by atoms with Crippen LogP contribution < -0.4 is 5.32 Å². The smallest absolute Gasteiger partial charge is 0 e. The Morgan fingerprint density at radius 2 is 2.25 bits per heavy atom. The van der Waals surface area contributed by atoms with Crippen LogP contribution in [0.1, 0.15) is 26.5 Å². The molecule has 0 unspecified atom stereocenters. The quantitative estimate of drug-likeness (QED) is 0.842. The van der Waals surface area contributed by atoms with E-state index in [1.54, 1.807) is 0 Å². The SMILES string of the molecule is CC.CCNCc1cs[c-]n1.[Y]. The van der Waals surface area contributed by atoms with Crippen molar-refractivity contribution in [2.24, 2.45) is 0 Å². The van der Waals surface area contributed by atoms with Crippen LogP contribution in [0.25, 0.3) is 0 Å². The molecule has 0 amide bonds. The van der Waals surface area contributed by atoms with Crippen molar-refractivity contribution in [2.45, 2.75) is 27.3 Å². The molecular formula is C8H15N2SY-. The second-order valence-corrected chi connectivity index (χ2v) is 2.36. The van der Waals surface area contributed by atoms with Gasteiger partial charge in [0.05, 0.1) is 0 Å². The summed E-state index contributed by atoms with van der Waals surface area (Å²) in [5.41, 5.74) is 3.88. The van der Waals surface area contributed by atoms with Gasteiger partial charge in [-0.1, -0.05) is 26.5 Å². The van der Waals surface area contributed by atoms with E-state index in [1.165, 1.54) is 11.3 Å². The molecule has 1 heterocycles. The third-order valence-corrected chi connectivity index (χ3v) is 1.58. The second kappa shape index (κ2) is 11.7. The van der Waals surface area contributed by atoms with Crippen LogP contribution >= 0.6 is 11.3 Å². The van der Waals surface area contributed by atoms with E-state index in [2.05, 4.69) is 22.7 Å². The normalized spacial score (nSPS) is 7.92. The molecule has 0 atom stereocenters. The molecule has 1 aromatic heterocycles. The van der Waals surface area contributed by atoms with Crippen LogP contribution in [0, 0.1) is 5.51 Å². The van der Waals surface area contributed by atoms with Gasteiger partial charge in [-0.2, -0.15) is 0 Å². The Morgan fingerprint density at radius 1 is 1.58 bits per heavy atom. The maximum absolute atomic E-state index is 3.98. The van der Waals surface area contributed by atoms with Gasteiger partial charge in [0.1, 0.15) is 0 Å². The van der Waals surface area contributed by atoms with Gasteiger partial charge in [-0.05, 0) is 18.6 Å². The Labute approximate surface area is 104 Å². The molecule has 0 saturated carbocycles. The molecule has 0 aliphatic heterocycles. The topological polar surface area (TPSA) is 24.9 Å². The van der Waals surface area contributed by atoms with Gasteiger partial charge >= 0.3 is 0 Å². The summed E-state index contributed by atoms with van der Waals surface area (Å²) in [5, 5.41) is 5.18. The fourth-order valence-electron chi connectivity index (χ4n) is 0.540. The van der Waals surface area contributed by atoms with Gasteiger partial charge in [0.15, 0.2) is 0 Å². The Bertz CT molecular complexity index is 154. The Hall–Kier alpha value is 0.694. The van der Waals surface area contributed by atoms with Crippen LogP contribution in [0.5, 0.6) is 0 Å². The van der Waals surface area contributed by atoms with E-state index >= 15 is 0 Å². The van der Waals surface area contributed by atoms with Crippen LogP contribution in [0.3, 0.4) is 0 Å². The summed E-state index contributed by atoms with van der Waals surface area (Å²) in [6.45, 7) is 7.95. The third kappa shape index (κ3) is 7.35. The first-order chi connectivity index (χ1) is 5.43. The molecule has 12 heavy (non-hydrogen) atoms. The van der Waals surface area contributed by atoms with E-state index in [4.69, 9.17) is 0 Å². The van der Waals surface area contributed by atoms with Crippen LogP contribution in [0.4, 0.5) is 0 Å². The minimum absolute atomic E-state index is 0. The zero-order valence-electron chi connectivity index (χ0n) is 7.92. The van der Waals surface area contributed by atoms with Crippen molar-refractivity contribution in [2.75, 3.05) is 6.54 Å². The molecule has 4 heteroatoms. The monoisotopic (exact) mass is 260 g/mol. The van der Waals surface area contributed by atoms with Crippen LogP contribution in [-0.4, -0.2) is 11.5 Å². The maximum Gasteiger partial charge on any atom is 0 e. The average Bonchev–Trinajstić information content (AvgIpc) is 2.57. The molecule has 1 rings (SSSR count). The molecule has 0 bridgehead atoms. The minimum Gasteiger partial charge on any atom is -0.390 e. The van der Waals surface area contributed by atoms with Crippen molar-refractivity contribution in [3.8, 4) is 0 Å². The van der Waals surface area contributed by atoms with Gasteiger partial charge in [-0.15, -0.1) is 5.38 Å². The number of nitrogens with zero attached hydrogens (tertiary/aromatic N) is 1. The molecule has 67 valence electrons. The largest absolute Gasteiger partial charge is 0.390 e. The standard InChI is InChI=1S/C6H9N2S.C2H6.Y/c1-2-7-3-6-4-9-5-8-6;1-2;/h4,7H,2-3H2,1H3;1-2H3;/q-1;;. The molecule has 0 fully saturated rings. The van der Waals surface area contributed by atoms with Crippen molar-refractivity contribution in [3.05, 3.63) is 16.6 Å². The molecule has 2 nitrogen and oxygen atoms in total. The van der Waals surface area contributed by atoms with Gasteiger partial charge in [0.2, 0.25) is 0 Å². The number of hydrogen-bond acceptors (Lipinski definition) is 3. The molecule has 0 saturated heterocycles. The van der Waals surface area contributed by atoms with Crippen LogP contribution in [0.2, 0.25) is 0 Å². The Morgan fingerprint density at radius 3 is 2.67 bits per heavy atom. The number of hydrogen-bond donors (Lipinski definition) is 1. The zero-order chi connectivity index (χ0) is 8.53. The summed E-state index contributed by atoms with van der Waals surface area (Å²) in [7, 11) is 0. The summed E-state index contributed by atoms with van der Waals surface area (Å²) in [4.78, 5) is 3.98. The summed E-state index contributed by atoms with van der Waals surface area (Å²) < 4.78 is 0. The van der Waals surface area contributed by atoms with Gasteiger partial charge < -0.3 is 10.3 Å². The summed E-state index contributed by atoms with van der Waals surface area (Å²) in [6, 6.07) is 0. The summed E-state index contributed by atoms with van der Waals surface area (Å²) >= 11 is 1.51. The summed E-state index contributed by atoms with van der Waals surface area (Å²) in [6.07, 6.45) is 0. The molecule has 0 aromatic carbocycles. The zero-order valence-corrected chi connectivity index (χ0v) is 11.6. The van der Waals surface area contributed by atoms with E-state index in [0.717, 1.165) is 18.8 Å². The first-order valence-electron chi connectivity index (χ1n) is 3.94. The molecule has 1 radical (unpaired) electrons. The second-order valence-electron chi connectivity index (χ2n) is 1.71. The van der Waals surface area contributed by atoms with E-state index in [0.29, 0.717) is 0 Å². The van der Waals surface area contributed by atoms with Crippen molar-refractivity contribution in [1.29, 1.82) is 0 Å². The third-order valence-electron chi connectivity index (χ3n) is 0.993. The van der Waals surface area contributed by atoms with Crippen molar-refractivity contribution in [1.82, 2.24) is 10.3 Å². The number of thiazole rings is 1. The van der Waals surface area contributed by atoms with Gasteiger partial charge in [0.25, 0.3) is 0 Å². The molecule has 1 N–H and O–H groups in total. The predicted octanol–water partition coefficient (Wildman–Crippen LogP) is 2.08. The van der Waals surface area contributed by atoms with Gasteiger partial charge in [-0.25, -0.2) is 0 Å². The minimum atomic E-state index is 0. The number of aromatic nitrogens is 1. The Balaban J connectivity index is 0. The van der Waals surface area contributed by atoms with E-state index in [9.17, 15) is 0 Å². The van der Waals surface area contributed by atoms with Crippen molar-refractivity contribution < 1.29 is 32.7 Å². The van der Waals surface area contributed by atoms with Gasteiger partial charge in [-0.3, -0.25) is 11.3 Å². The Kier molecular flexibility index (Phi) is 14.8. The molecule has 1 aromatic rings. The fourth-order valence-corrected chi connectivity index (χ4v) is 1.03. The van der Waals surface area contributed by atoms with Gasteiger partial charge in [0, 0.05) is 32.7 Å². The van der Waals surface area contributed by atoms with Crippen molar-refractivity contribution in [3.63, 3.8) is 0 Å². The van der Waals surface area contributed by atoms with E-state index < -0.39 is 0 Å². The molecular weight excluding hydrogens is 245 g/mol. The van der Waals surface area contributed by atoms with Crippen molar-refractivity contribution >= 4 is 11.3 Å². The predicted molar refractivity (Wildman–Crippen MR) is 49.7 cm³/mol. The van der Waals surface area contributed by atoms with Crippen LogP contribution in [-0.2, 0) is 39.3 Å². The summed E-state index contributed by atoms with van der Waals surface area (Å²) in [5.74, 6) is 0. The van der Waals surface area contributed by atoms with E-state index in [1.807, 2.05) is 19.2 Å². The first kappa shape index (κ1) is 15.2. The average molecular weight is 260 g/mol.